The molecule has 1 rings (SSSR count). The minimum Gasteiger partial charge on any atom is -0.383 e. The van der Waals surface area contributed by atoms with E-state index in [0.717, 1.165) is 0 Å². The zero-order chi connectivity index (χ0) is 11.3. The molecule has 15 heavy (non-hydrogen) atoms. The molecule has 0 spiro atoms. The first-order valence-electron chi connectivity index (χ1n) is 4.59. The monoisotopic (exact) mass is 248 g/mol. The van der Waals surface area contributed by atoms with Crippen molar-refractivity contribution in [2.75, 3.05) is 23.4 Å². The first-order chi connectivity index (χ1) is 7.05. The van der Waals surface area contributed by atoms with Crippen LogP contribution >= 0.6 is 11.6 Å². The van der Waals surface area contributed by atoms with Gasteiger partial charge < -0.3 is 5.32 Å². The van der Waals surface area contributed by atoms with Gasteiger partial charge in [-0.05, 0) is 6.07 Å². The van der Waals surface area contributed by atoms with Gasteiger partial charge in [0, 0.05) is 24.7 Å². The van der Waals surface area contributed by atoms with Gasteiger partial charge in [-0.1, -0.05) is 18.5 Å². The second-order valence-electron chi connectivity index (χ2n) is 3.02. The average Bonchev–Trinajstić information content (AvgIpc) is 2.21. The highest BCUT2D eigenvalue weighted by molar-refractivity contribution is 7.91. The minimum absolute atomic E-state index is 0.113. The predicted molar refractivity (Wildman–Crippen MR) is 62.1 cm³/mol. The Morgan fingerprint density at radius 3 is 2.87 bits per heavy atom. The molecule has 0 aliphatic rings. The number of anilines is 1. The fourth-order valence-electron chi connectivity index (χ4n) is 1.00. The summed E-state index contributed by atoms with van der Waals surface area (Å²) in [4.78, 5) is 3.83. The lowest BCUT2D eigenvalue weighted by Crippen LogP contribution is -2.17. The Labute approximate surface area is 94.6 Å². The van der Waals surface area contributed by atoms with Crippen LogP contribution in [-0.4, -0.2) is 31.5 Å². The van der Waals surface area contributed by atoms with E-state index >= 15 is 0 Å². The zero-order valence-corrected chi connectivity index (χ0v) is 9.98. The molecule has 0 fully saturated rings. The van der Waals surface area contributed by atoms with E-state index in [9.17, 15) is 8.42 Å². The van der Waals surface area contributed by atoms with Crippen LogP contribution in [0.1, 0.15) is 6.92 Å². The smallest absolute Gasteiger partial charge is 0.151 e. The van der Waals surface area contributed by atoms with Gasteiger partial charge in [-0.2, -0.15) is 0 Å². The van der Waals surface area contributed by atoms with Gasteiger partial charge in [-0.3, -0.25) is 4.98 Å². The maximum Gasteiger partial charge on any atom is 0.151 e. The van der Waals surface area contributed by atoms with Crippen molar-refractivity contribution in [3.05, 3.63) is 23.5 Å². The molecule has 0 saturated heterocycles. The molecule has 1 N–H and O–H groups in total. The van der Waals surface area contributed by atoms with Crippen LogP contribution < -0.4 is 5.32 Å². The van der Waals surface area contributed by atoms with Crippen molar-refractivity contribution in [2.45, 2.75) is 6.92 Å². The lowest BCUT2D eigenvalue weighted by molar-refractivity contribution is 0.597. The quantitative estimate of drug-likeness (QED) is 0.860. The summed E-state index contributed by atoms with van der Waals surface area (Å²) >= 11 is 5.83. The maximum absolute atomic E-state index is 11.2. The summed E-state index contributed by atoms with van der Waals surface area (Å²) in [6.07, 6.45) is 3.11. The Morgan fingerprint density at radius 1 is 1.53 bits per heavy atom. The van der Waals surface area contributed by atoms with Crippen LogP contribution in [-0.2, 0) is 9.84 Å². The third kappa shape index (κ3) is 4.05. The summed E-state index contributed by atoms with van der Waals surface area (Å²) in [5.74, 6) is 0.279. The molecule has 0 radical (unpaired) electrons. The molecule has 0 bridgehead atoms. The van der Waals surface area contributed by atoms with Gasteiger partial charge in [0.2, 0.25) is 0 Å². The van der Waals surface area contributed by atoms with Gasteiger partial charge in [0.1, 0.15) is 0 Å². The van der Waals surface area contributed by atoms with Crippen molar-refractivity contribution < 1.29 is 8.42 Å². The number of aromatic nitrogens is 1. The van der Waals surface area contributed by atoms with Gasteiger partial charge >= 0.3 is 0 Å². The summed E-state index contributed by atoms with van der Waals surface area (Å²) in [6.45, 7) is 1.99. The second-order valence-corrected chi connectivity index (χ2v) is 5.90. The topological polar surface area (TPSA) is 59.1 Å². The standard InChI is InChI=1S/C9H13ClN2O2S/c1-2-15(13,14)6-5-12-9-3-4-11-7-8(9)10/h3-4,7H,2,5-6H2,1H3,(H,11,12). The average molecular weight is 249 g/mol. The largest absolute Gasteiger partial charge is 0.383 e. The highest BCUT2D eigenvalue weighted by atomic mass is 35.5. The molecule has 0 atom stereocenters. The highest BCUT2D eigenvalue weighted by Crippen LogP contribution is 2.18. The fraction of sp³-hybridized carbons (Fsp3) is 0.444. The van der Waals surface area contributed by atoms with E-state index in [1.165, 1.54) is 6.20 Å². The Kier molecular flexibility index (Phi) is 4.35. The van der Waals surface area contributed by atoms with Crippen LogP contribution in [0, 0.1) is 0 Å². The molecule has 4 nitrogen and oxygen atoms in total. The normalized spacial score (nSPS) is 11.3. The predicted octanol–water partition coefficient (Wildman–Crippen LogP) is 1.58. The lowest BCUT2D eigenvalue weighted by Gasteiger charge is -2.07. The number of halogens is 1. The molecule has 1 heterocycles. The summed E-state index contributed by atoms with van der Waals surface area (Å²) < 4.78 is 22.4. The first kappa shape index (κ1) is 12.3. The van der Waals surface area contributed by atoms with Crippen LogP contribution in [0.4, 0.5) is 5.69 Å². The molecular weight excluding hydrogens is 236 g/mol. The molecular formula is C9H13ClN2O2S. The molecule has 0 aliphatic carbocycles. The van der Waals surface area contributed by atoms with Crippen LogP contribution in [0.3, 0.4) is 0 Å². The number of rotatable bonds is 5. The molecule has 0 amide bonds. The third-order valence-electron chi connectivity index (χ3n) is 1.94. The Hall–Kier alpha value is -0.810. The van der Waals surface area contributed by atoms with Gasteiger partial charge in [0.25, 0.3) is 0 Å². The molecule has 0 aromatic carbocycles. The number of sulfone groups is 1. The number of nitrogens with zero attached hydrogens (tertiary/aromatic N) is 1. The zero-order valence-electron chi connectivity index (χ0n) is 8.40. The van der Waals surface area contributed by atoms with Crippen LogP contribution in [0.15, 0.2) is 18.5 Å². The second kappa shape index (κ2) is 5.32. The summed E-state index contributed by atoms with van der Waals surface area (Å²) in [6, 6.07) is 1.71. The van der Waals surface area contributed by atoms with E-state index in [1.54, 1.807) is 19.2 Å². The lowest BCUT2D eigenvalue weighted by atomic mass is 10.4. The van der Waals surface area contributed by atoms with E-state index in [0.29, 0.717) is 17.3 Å². The number of pyridine rings is 1. The maximum atomic E-state index is 11.2. The van der Waals surface area contributed by atoms with Crippen molar-refractivity contribution >= 4 is 27.1 Å². The van der Waals surface area contributed by atoms with Crippen molar-refractivity contribution in [3.63, 3.8) is 0 Å². The minimum atomic E-state index is -2.92. The Bertz CT molecular complexity index is 420. The van der Waals surface area contributed by atoms with Crippen molar-refractivity contribution in [2.24, 2.45) is 0 Å². The van der Waals surface area contributed by atoms with Crippen LogP contribution in [0.5, 0.6) is 0 Å². The number of hydrogen-bond donors (Lipinski definition) is 1. The van der Waals surface area contributed by atoms with Crippen LogP contribution in [0.2, 0.25) is 5.02 Å². The summed E-state index contributed by atoms with van der Waals surface area (Å²) in [5, 5.41) is 3.44. The van der Waals surface area contributed by atoms with Gasteiger partial charge in [0.15, 0.2) is 9.84 Å². The Morgan fingerprint density at radius 2 is 2.27 bits per heavy atom. The molecule has 84 valence electrons. The van der Waals surface area contributed by atoms with Gasteiger partial charge in [-0.15, -0.1) is 0 Å². The molecule has 0 aliphatic heterocycles. The number of hydrogen-bond acceptors (Lipinski definition) is 4. The van der Waals surface area contributed by atoms with Crippen molar-refractivity contribution in [1.29, 1.82) is 0 Å². The molecule has 1 aromatic rings. The van der Waals surface area contributed by atoms with Gasteiger partial charge in [-0.25, -0.2) is 8.42 Å². The van der Waals surface area contributed by atoms with E-state index in [1.807, 2.05) is 0 Å². The van der Waals surface area contributed by atoms with Crippen LogP contribution in [0.25, 0.3) is 0 Å². The molecule has 0 unspecified atom stereocenters. The van der Waals surface area contributed by atoms with Crippen molar-refractivity contribution in [1.82, 2.24) is 4.98 Å². The summed E-state index contributed by atoms with van der Waals surface area (Å²) in [5.41, 5.74) is 0.706. The van der Waals surface area contributed by atoms with Gasteiger partial charge in [0.05, 0.1) is 16.5 Å². The van der Waals surface area contributed by atoms with E-state index in [-0.39, 0.29) is 11.5 Å². The SMILES string of the molecule is CCS(=O)(=O)CCNc1ccncc1Cl. The molecule has 1 aromatic heterocycles. The third-order valence-corrected chi connectivity index (χ3v) is 3.95. The molecule has 0 saturated carbocycles. The highest BCUT2D eigenvalue weighted by Gasteiger charge is 2.06. The van der Waals surface area contributed by atoms with Crippen molar-refractivity contribution in [3.8, 4) is 0 Å². The summed E-state index contributed by atoms with van der Waals surface area (Å²) in [7, 11) is -2.92. The fourth-order valence-corrected chi connectivity index (χ4v) is 1.89. The van der Waals surface area contributed by atoms with E-state index < -0.39 is 9.84 Å². The van der Waals surface area contributed by atoms with E-state index in [2.05, 4.69) is 10.3 Å². The first-order valence-corrected chi connectivity index (χ1v) is 6.79. The number of nitrogens with one attached hydrogen (secondary N) is 1. The Balaban J connectivity index is 2.49. The molecule has 6 heteroatoms. The van der Waals surface area contributed by atoms with E-state index in [4.69, 9.17) is 11.6 Å².